The third-order valence-electron chi connectivity index (χ3n) is 3.54. The minimum atomic E-state index is 0.606. The average molecular weight is 254 g/mol. The number of anilines is 1. The highest BCUT2D eigenvalue weighted by Crippen LogP contribution is 2.27. The zero-order chi connectivity index (χ0) is 12.3. The van der Waals surface area contributed by atoms with Crippen molar-refractivity contribution in [1.82, 2.24) is 9.97 Å². The SMILES string of the molecule is CCc1c(Cl)ncnc1N1CCCC(C)CC1. The van der Waals surface area contributed by atoms with Gasteiger partial charge < -0.3 is 4.90 Å². The quantitative estimate of drug-likeness (QED) is 0.758. The maximum atomic E-state index is 6.14. The fourth-order valence-corrected chi connectivity index (χ4v) is 2.70. The Morgan fingerprint density at radius 2 is 2.18 bits per heavy atom. The van der Waals surface area contributed by atoms with Crippen molar-refractivity contribution in [3.8, 4) is 0 Å². The molecule has 0 amide bonds. The van der Waals surface area contributed by atoms with Crippen molar-refractivity contribution in [2.24, 2.45) is 5.92 Å². The Hall–Kier alpha value is -0.830. The summed E-state index contributed by atoms with van der Waals surface area (Å²) >= 11 is 6.14. The second-order valence-electron chi connectivity index (χ2n) is 4.84. The zero-order valence-corrected chi connectivity index (χ0v) is 11.4. The average Bonchev–Trinajstić information content (AvgIpc) is 2.54. The van der Waals surface area contributed by atoms with Gasteiger partial charge in [0, 0.05) is 18.7 Å². The van der Waals surface area contributed by atoms with E-state index in [4.69, 9.17) is 11.6 Å². The first-order valence-electron chi connectivity index (χ1n) is 6.46. The lowest BCUT2D eigenvalue weighted by Gasteiger charge is -2.24. The van der Waals surface area contributed by atoms with Crippen LogP contribution in [0.4, 0.5) is 5.82 Å². The molecule has 94 valence electrons. The number of nitrogens with zero attached hydrogens (tertiary/aromatic N) is 3. The smallest absolute Gasteiger partial charge is 0.137 e. The summed E-state index contributed by atoms with van der Waals surface area (Å²) in [7, 11) is 0. The molecule has 1 aliphatic heterocycles. The Morgan fingerprint density at radius 1 is 1.35 bits per heavy atom. The normalized spacial score (nSPS) is 21.4. The molecule has 0 radical (unpaired) electrons. The van der Waals surface area contributed by atoms with Crippen LogP contribution in [-0.2, 0) is 6.42 Å². The predicted octanol–water partition coefficient (Wildman–Crippen LogP) is 3.32. The molecule has 1 unspecified atom stereocenters. The van der Waals surface area contributed by atoms with Crippen molar-refractivity contribution in [2.45, 2.75) is 39.5 Å². The summed E-state index contributed by atoms with van der Waals surface area (Å²) < 4.78 is 0. The summed E-state index contributed by atoms with van der Waals surface area (Å²) in [6.45, 7) is 6.61. The van der Waals surface area contributed by atoms with E-state index in [1.165, 1.54) is 19.3 Å². The Bertz CT molecular complexity index is 381. The second kappa shape index (κ2) is 5.67. The fraction of sp³-hybridized carbons (Fsp3) is 0.692. The molecule has 0 N–H and O–H groups in total. The van der Waals surface area contributed by atoms with E-state index in [1.54, 1.807) is 6.33 Å². The van der Waals surface area contributed by atoms with E-state index in [2.05, 4.69) is 28.7 Å². The van der Waals surface area contributed by atoms with Crippen LogP contribution in [0.15, 0.2) is 6.33 Å². The number of hydrogen-bond donors (Lipinski definition) is 0. The van der Waals surface area contributed by atoms with Gasteiger partial charge in [-0.1, -0.05) is 25.4 Å². The highest BCUT2D eigenvalue weighted by Gasteiger charge is 2.18. The molecule has 0 bridgehead atoms. The zero-order valence-electron chi connectivity index (χ0n) is 10.6. The third-order valence-corrected chi connectivity index (χ3v) is 3.87. The molecule has 0 spiro atoms. The van der Waals surface area contributed by atoms with Crippen LogP contribution in [0.5, 0.6) is 0 Å². The Morgan fingerprint density at radius 3 is 2.94 bits per heavy atom. The molecular weight excluding hydrogens is 234 g/mol. The van der Waals surface area contributed by atoms with Crippen molar-refractivity contribution in [1.29, 1.82) is 0 Å². The molecule has 4 heteroatoms. The van der Waals surface area contributed by atoms with Gasteiger partial charge >= 0.3 is 0 Å². The molecule has 2 heterocycles. The molecule has 17 heavy (non-hydrogen) atoms. The standard InChI is InChI=1S/C13H20ClN3/c1-3-11-12(14)15-9-16-13(11)17-7-4-5-10(2)6-8-17/h9-10H,3-8H2,1-2H3. The van der Waals surface area contributed by atoms with Gasteiger partial charge in [-0.05, 0) is 31.6 Å². The molecule has 1 aromatic rings. The minimum Gasteiger partial charge on any atom is -0.356 e. The van der Waals surface area contributed by atoms with Crippen LogP contribution in [0.25, 0.3) is 0 Å². The van der Waals surface area contributed by atoms with Gasteiger partial charge in [-0.3, -0.25) is 0 Å². The van der Waals surface area contributed by atoms with Crippen molar-refractivity contribution < 1.29 is 0 Å². The van der Waals surface area contributed by atoms with Crippen LogP contribution in [-0.4, -0.2) is 23.1 Å². The van der Waals surface area contributed by atoms with E-state index in [-0.39, 0.29) is 0 Å². The van der Waals surface area contributed by atoms with Gasteiger partial charge in [0.2, 0.25) is 0 Å². The molecule has 1 atom stereocenters. The predicted molar refractivity (Wildman–Crippen MR) is 71.6 cm³/mol. The number of rotatable bonds is 2. The number of aromatic nitrogens is 2. The summed E-state index contributed by atoms with van der Waals surface area (Å²) in [5.41, 5.74) is 1.09. The van der Waals surface area contributed by atoms with E-state index < -0.39 is 0 Å². The molecule has 1 saturated heterocycles. The maximum Gasteiger partial charge on any atom is 0.137 e. The van der Waals surface area contributed by atoms with Crippen LogP contribution in [0, 0.1) is 5.92 Å². The van der Waals surface area contributed by atoms with Crippen molar-refractivity contribution in [3.63, 3.8) is 0 Å². The largest absolute Gasteiger partial charge is 0.356 e. The van der Waals surface area contributed by atoms with E-state index in [0.717, 1.165) is 36.8 Å². The Balaban J connectivity index is 2.23. The van der Waals surface area contributed by atoms with Crippen LogP contribution < -0.4 is 4.90 Å². The third kappa shape index (κ3) is 2.89. The lowest BCUT2D eigenvalue weighted by atomic mass is 10.0. The summed E-state index contributed by atoms with van der Waals surface area (Å²) in [4.78, 5) is 10.9. The van der Waals surface area contributed by atoms with Gasteiger partial charge in [0.25, 0.3) is 0 Å². The summed E-state index contributed by atoms with van der Waals surface area (Å²) in [6.07, 6.45) is 6.26. The topological polar surface area (TPSA) is 29.0 Å². The number of hydrogen-bond acceptors (Lipinski definition) is 3. The first kappa shape index (κ1) is 12.6. The van der Waals surface area contributed by atoms with Crippen LogP contribution in [0.2, 0.25) is 5.15 Å². The van der Waals surface area contributed by atoms with Crippen LogP contribution >= 0.6 is 11.6 Å². The maximum absolute atomic E-state index is 6.14. The molecule has 0 aromatic carbocycles. The molecule has 0 saturated carbocycles. The Kier molecular flexibility index (Phi) is 4.21. The first-order valence-corrected chi connectivity index (χ1v) is 6.84. The molecule has 1 aromatic heterocycles. The van der Waals surface area contributed by atoms with Crippen molar-refractivity contribution >= 4 is 17.4 Å². The van der Waals surface area contributed by atoms with Gasteiger partial charge in [0.05, 0.1) is 0 Å². The lowest BCUT2D eigenvalue weighted by molar-refractivity contribution is 0.521. The Labute approximate surface area is 108 Å². The fourth-order valence-electron chi connectivity index (χ4n) is 2.43. The molecule has 0 aliphatic carbocycles. The highest BCUT2D eigenvalue weighted by molar-refractivity contribution is 6.30. The van der Waals surface area contributed by atoms with Gasteiger partial charge in [0.1, 0.15) is 17.3 Å². The molecule has 2 rings (SSSR count). The van der Waals surface area contributed by atoms with Crippen molar-refractivity contribution in [2.75, 3.05) is 18.0 Å². The van der Waals surface area contributed by atoms with Gasteiger partial charge in [0.15, 0.2) is 0 Å². The van der Waals surface area contributed by atoms with Gasteiger partial charge in [-0.25, -0.2) is 9.97 Å². The van der Waals surface area contributed by atoms with Crippen molar-refractivity contribution in [3.05, 3.63) is 17.0 Å². The summed E-state index contributed by atoms with van der Waals surface area (Å²) in [5, 5.41) is 0.606. The van der Waals surface area contributed by atoms with E-state index >= 15 is 0 Å². The van der Waals surface area contributed by atoms with Gasteiger partial charge in [-0.2, -0.15) is 0 Å². The molecular formula is C13H20ClN3. The minimum absolute atomic E-state index is 0.606. The highest BCUT2D eigenvalue weighted by atomic mass is 35.5. The van der Waals surface area contributed by atoms with E-state index in [9.17, 15) is 0 Å². The number of halogens is 1. The first-order chi connectivity index (χ1) is 8.22. The summed E-state index contributed by atoms with van der Waals surface area (Å²) in [5.74, 6) is 1.86. The van der Waals surface area contributed by atoms with Crippen LogP contribution in [0.1, 0.15) is 38.7 Å². The van der Waals surface area contributed by atoms with Crippen LogP contribution in [0.3, 0.4) is 0 Å². The van der Waals surface area contributed by atoms with E-state index in [1.807, 2.05) is 0 Å². The van der Waals surface area contributed by atoms with Gasteiger partial charge in [-0.15, -0.1) is 0 Å². The molecule has 1 aliphatic rings. The second-order valence-corrected chi connectivity index (χ2v) is 5.20. The molecule has 3 nitrogen and oxygen atoms in total. The summed E-state index contributed by atoms with van der Waals surface area (Å²) in [6, 6.07) is 0. The monoisotopic (exact) mass is 253 g/mol. The lowest BCUT2D eigenvalue weighted by Crippen LogP contribution is -2.26. The van der Waals surface area contributed by atoms with E-state index in [0.29, 0.717) is 5.15 Å². The molecule has 1 fully saturated rings.